The maximum atomic E-state index is 13.6. The van der Waals surface area contributed by atoms with E-state index in [-0.39, 0.29) is 17.2 Å². The molecular weight excluding hydrogens is 504 g/mol. The molecule has 2 aromatic heterocycles. The Morgan fingerprint density at radius 3 is 2.50 bits per heavy atom. The molecule has 0 bridgehead atoms. The molecule has 0 N–H and O–H groups in total. The number of benzene rings is 2. The van der Waals surface area contributed by atoms with Gasteiger partial charge < -0.3 is 14.4 Å². The third-order valence-electron chi connectivity index (χ3n) is 6.18. The van der Waals surface area contributed by atoms with Crippen LogP contribution < -0.4 is 14.4 Å². The number of methoxy groups -OCH3 is 2. The third-order valence-corrected chi connectivity index (χ3v) is 8.33. The molecule has 0 spiro atoms. The van der Waals surface area contributed by atoms with E-state index in [0.29, 0.717) is 36.9 Å². The smallest absolute Gasteiger partial charge is 0.254 e. The normalized spacial score (nSPS) is 15.1. The van der Waals surface area contributed by atoms with Crippen LogP contribution in [-0.2, 0) is 10.0 Å². The largest absolute Gasteiger partial charge is 0.497 e. The van der Waals surface area contributed by atoms with E-state index < -0.39 is 10.0 Å². The Morgan fingerprint density at radius 2 is 1.75 bits per heavy atom. The van der Waals surface area contributed by atoms with Gasteiger partial charge in [-0.2, -0.15) is 18.9 Å². The third kappa shape index (κ3) is 4.45. The van der Waals surface area contributed by atoms with Crippen molar-refractivity contribution >= 4 is 33.2 Å². The van der Waals surface area contributed by atoms with Crippen LogP contribution in [0.5, 0.6) is 11.5 Å². The minimum Gasteiger partial charge on any atom is -0.497 e. The van der Waals surface area contributed by atoms with E-state index in [0.717, 1.165) is 22.7 Å². The van der Waals surface area contributed by atoms with Crippen LogP contribution in [0.3, 0.4) is 0 Å². The molecule has 1 aliphatic rings. The van der Waals surface area contributed by atoms with Crippen molar-refractivity contribution in [2.75, 3.05) is 45.3 Å². The number of anilines is 1. The van der Waals surface area contributed by atoms with Gasteiger partial charge in [0.15, 0.2) is 0 Å². The molecule has 36 heavy (non-hydrogen) atoms. The number of aromatic nitrogens is 4. The van der Waals surface area contributed by atoms with Gasteiger partial charge in [0.25, 0.3) is 5.78 Å². The predicted molar refractivity (Wildman–Crippen MR) is 136 cm³/mol. The summed E-state index contributed by atoms with van der Waals surface area (Å²) in [4.78, 5) is 10.9. The van der Waals surface area contributed by atoms with Crippen LogP contribution in [0.15, 0.2) is 59.9 Å². The van der Waals surface area contributed by atoms with Gasteiger partial charge in [-0.1, -0.05) is 23.7 Å². The molecule has 3 heterocycles. The van der Waals surface area contributed by atoms with Crippen LogP contribution in [0.25, 0.3) is 16.9 Å². The lowest BCUT2D eigenvalue weighted by atomic mass is 10.1. The van der Waals surface area contributed by atoms with Crippen molar-refractivity contribution in [1.82, 2.24) is 23.9 Å². The number of nitrogens with zero attached hydrogens (tertiary/aromatic N) is 6. The summed E-state index contributed by atoms with van der Waals surface area (Å²) >= 11 is 6.12. The number of sulfonamides is 1. The highest BCUT2D eigenvalue weighted by Crippen LogP contribution is 2.34. The summed E-state index contributed by atoms with van der Waals surface area (Å²) in [6.07, 6.45) is 3.85. The van der Waals surface area contributed by atoms with Crippen LogP contribution in [0, 0.1) is 0 Å². The number of halogens is 1. The molecule has 5 rings (SSSR count). The van der Waals surface area contributed by atoms with Gasteiger partial charge in [0.05, 0.1) is 14.2 Å². The fourth-order valence-electron chi connectivity index (χ4n) is 4.38. The van der Waals surface area contributed by atoms with Crippen LogP contribution in [0.2, 0.25) is 5.02 Å². The molecule has 0 unspecified atom stereocenters. The molecule has 4 aromatic rings. The molecule has 1 aliphatic heterocycles. The highest BCUT2D eigenvalue weighted by molar-refractivity contribution is 7.89. The zero-order chi connectivity index (χ0) is 25.3. The van der Waals surface area contributed by atoms with Crippen molar-refractivity contribution in [3.05, 3.63) is 60.0 Å². The topological polar surface area (TPSA) is 102 Å². The molecule has 0 atom stereocenters. The number of hydrogen-bond donors (Lipinski definition) is 0. The van der Waals surface area contributed by atoms with Crippen molar-refractivity contribution in [3.8, 4) is 22.6 Å². The Labute approximate surface area is 214 Å². The maximum absolute atomic E-state index is 13.6. The first-order valence-electron chi connectivity index (χ1n) is 11.3. The quantitative estimate of drug-likeness (QED) is 0.375. The molecule has 0 amide bonds. The molecule has 12 heteroatoms. The lowest BCUT2D eigenvalue weighted by molar-refractivity contribution is 0.393. The van der Waals surface area contributed by atoms with Crippen molar-refractivity contribution in [2.45, 2.75) is 11.3 Å². The van der Waals surface area contributed by atoms with Crippen molar-refractivity contribution in [1.29, 1.82) is 0 Å². The lowest BCUT2D eigenvalue weighted by Gasteiger charge is -2.26. The summed E-state index contributed by atoms with van der Waals surface area (Å²) in [6, 6.07) is 12.3. The average molecular weight is 529 g/mol. The van der Waals surface area contributed by atoms with Gasteiger partial charge >= 0.3 is 0 Å². The number of fused-ring (bicyclic) bond motifs is 1. The maximum Gasteiger partial charge on any atom is 0.254 e. The van der Waals surface area contributed by atoms with Crippen LogP contribution in [0.1, 0.15) is 6.42 Å². The molecule has 1 saturated heterocycles. The first-order valence-corrected chi connectivity index (χ1v) is 13.2. The monoisotopic (exact) mass is 528 g/mol. The van der Waals surface area contributed by atoms with E-state index in [2.05, 4.69) is 20.0 Å². The van der Waals surface area contributed by atoms with Crippen molar-refractivity contribution in [2.24, 2.45) is 0 Å². The highest BCUT2D eigenvalue weighted by atomic mass is 35.5. The SMILES string of the molecule is COc1ccc(-c2cnc3ncnn3c2N2CCCN(S(=O)(=O)c3cc(Cl)ccc3OC)CC2)cc1. The van der Waals surface area contributed by atoms with Gasteiger partial charge in [0.2, 0.25) is 10.0 Å². The highest BCUT2D eigenvalue weighted by Gasteiger charge is 2.31. The number of rotatable bonds is 6. The standard InChI is InChI=1S/C24H25ClN6O4S/c1-34-19-7-4-17(5-8-19)20-15-26-24-27-16-28-31(24)23(20)29-10-3-11-30(13-12-29)36(32,33)22-14-18(25)6-9-21(22)35-2/h4-9,14-16H,3,10-13H2,1-2H3. The minimum atomic E-state index is -3.82. The fourth-order valence-corrected chi connectivity index (χ4v) is 6.27. The summed E-state index contributed by atoms with van der Waals surface area (Å²) < 4.78 is 40.9. The van der Waals surface area contributed by atoms with Crippen LogP contribution in [-0.4, -0.2) is 72.7 Å². The molecule has 0 radical (unpaired) electrons. The summed E-state index contributed by atoms with van der Waals surface area (Å²) in [6.45, 7) is 1.71. The average Bonchev–Trinajstić information content (AvgIpc) is 3.24. The van der Waals surface area contributed by atoms with E-state index in [9.17, 15) is 8.42 Å². The molecule has 10 nitrogen and oxygen atoms in total. The first-order chi connectivity index (χ1) is 17.4. The van der Waals surface area contributed by atoms with E-state index in [1.54, 1.807) is 30.0 Å². The van der Waals surface area contributed by atoms with E-state index in [1.807, 2.05) is 24.3 Å². The van der Waals surface area contributed by atoms with Crippen molar-refractivity contribution in [3.63, 3.8) is 0 Å². The van der Waals surface area contributed by atoms with Gasteiger partial charge in [0, 0.05) is 43.0 Å². The lowest BCUT2D eigenvalue weighted by Crippen LogP contribution is -2.36. The minimum absolute atomic E-state index is 0.0625. The van der Waals surface area contributed by atoms with Gasteiger partial charge in [-0.15, -0.1) is 0 Å². The van der Waals surface area contributed by atoms with Crippen LogP contribution >= 0.6 is 11.6 Å². The summed E-state index contributed by atoms with van der Waals surface area (Å²) in [5, 5.41) is 4.74. The van der Waals surface area contributed by atoms with E-state index in [4.69, 9.17) is 21.1 Å². The van der Waals surface area contributed by atoms with E-state index in [1.165, 1.54) is 23.8 Å². The van der Waals surface area contributed by atoms with Gasteiger partial charge in [-0.25, -0.2) is 13.4 Å². The zero-order valence-corrected chi connectivity index (χ0v) is 21.4. The summed E-state index contributed by atoms with van der Waals surface area (Å²) in [7, 11) is -0.753. The molecular formula is C24H25ClN6O4S. The Hall–Kier alpha value is -3.41. The summed E-state index contributed by atoms with van der Waals surface area (Å²) in [5.74, 6) is 2.30. The Bertz CT molecular complexity index is 1490. The first kappa shape index (κ1) is 24.3. The number of hydrogen-bond acceptors (Lipinski definition) is 8. The molecule has 0 aliphatic carbocycles. The van der Waals surface area contributed by atoms with Gasteiger partial charge in [-0.05, 0) is 42.3 Å². The van der Waals surface area contributed by atoms with Crippen molar-refractivity contribution < 1.29 is 17.9 Å². The second-order valence-electron chi connectivity index (χ2n) is 8.24. The molecule has 188 valence electrons. The number of ether oxygens (including phenoxy) is 2. The van der Waals surface area contributed by atoms with Crippen LogP contribution in [0.4, 0.5) is 5.82 Å². The predicted octanol–water partition coefficient (Wildman–Crippen LogP) is 3.36. The summed E-state index contributed by atoms with van der Waals surface area (Å²) in [5.41, 5.74) is 1.80. The van der Waals surface area contributed by atoms with Gasteiger partial charge in [0.1, 0.15) is 28.5 Å². The molecule has 0 saturated carbocycles. The van der Waals surface area contributed by atoms with Gasteiger partial charge in [-0.3, -0.25) is 0 Å². The molecule has 2 aromatic carbocycles. The Morgan fingerprint density at radius 1 is 0.944 bits per heavy atom. The second-order valence-corrected chi connectivity index (χ2v) is 10.6. The molecule has 1 fully saturated rings. The van der Waals surface area contributed by atoms with E-state index >= 15 is 0 Å². The second kappa shape index (κ2) is 9.92. The Balaban J connectivity index is 1.49. The fraction of sp³-hybridized carbons (Fsp3) is 0.292. The zero-order valence-electron chi connectivity index (χ0n) is 19.8. The Kier molecular flexibility index (Phi) is 6.69.